The number of hydrogen-bond donors (Lipinski definition) is 0. The number of rotatable bonds is 7. The molecular formula is C22H20ClN3O5. The molecular weight excluding hydrogens is 422 g/mol. The Morgan fingerprint density at radius 2 is 2.03 bits per heavy atom. The summed E-state index contributed by atoms with van der Waals surface area (Å²) < 4.78 is 11.5. The van der Waals surface area contributed by atoms with Crippen molar-refractivity contribution in [3.05, 3.63) is 63.6 Å². The molecule has 160 valence electrons. The Bertz CT molecular complexity index is 1220. The van der Waals surface area contributed by atoms with E-state index in [2.05, 4.69) is 0 Å². The normalized spacial score (nSPS) is 11.7. The lowest BCUT2D eigenvalue weighted by atomic mass is 10.2. The standard InChI is InChI=1S/C22H20ClN3O5/c1-14-12-16(8-9-17(14)23)25(11-5-10-24)20(27)13-30-21(28)15(2)26-18-6-3-4-7-19(18)31-22(26)29/h3-4,6-9,12,15H,5,11,13H2,1-2H3. The van der Waals surface area contributed by atoms with E-state index >= 15 is 0 Å². The maximum absolute atomic E-state index is 12.8. The number of aryl methyl sites for hydroxylation is 1. The zero-order valence-corrected chi connectivity index (χ0v) is 17.8. The number of carbonyl (C=O) groups excluding carboxylic acids is 2. The maximum atomic E-state index is 12.8. The smallest absolute Gasteiger partial charge is 0.420 e. The average molecular weight is 442 g/mol. The molecule has 3 aromatic rings. The van der Waals surface area contributed by atoms with Gasteiger partial charge >= 0.3 is 11.7 Å². The highest BCUT2D eigenvalue weighted by Gasteiger charge is 2.25. The lowest BCUT2D eigenvalue weighted by molar-refractivity contribution is -0.150. The van der Waals surface area contributed by atoms with Crippen molar-refractivity contribution in [2.45, 2.75) is 26.3 Å². The third kappa shape index (κ3) is 4.78. The van der Waals surface area contributed by atoms with Gasteiger partial charge in [-0.1, -0.05) is 23.7 Å². The van der Waals surface area contributed by atoms with Crippen molar-refractivity contribution in [3.8, 4) is 6.07 Å². The number of halogens is 1. The summed E-state index contributed by atoms with van der Waals surface area (Å²) in [5.74, 6) is -1.94. The molecule has 0 bridgehead atoms. The number of esters is 1. The van der Waals surface area contributed by atoms with Crippen molar-refractivity contribution in [2.24, 2.45) is 0 Å². The van der Waals surface area contributed by atoms with E-state index in [4.69, 9.17) is 26.0 Å². The predicted octanol–water partition coefficient (Wildman–Crippen LogP) is 3.61. The summed E-state index contributed by atoms with van der Waals surface area (Å²) in [4.78, 5) is 38.8. The number of aromatic nitrogens is 1. The van der Waals surface area contributed by atoms with Crippen LogP contribution in [0.15, 0.2) is 51.7 Å². The van der Waals surface area contributed by atoms with Crippen molar-refractivity contribution in [1.29, 1.82) is 5.26 Å². The summed E-state index contributed by atoms with van der Waals surface area (Å²) in [6.07, 6.45) is 0.105. The van der Waals surface area contributed by atoms with Crippen molar-refractivity contribution >= 4 is 40.3 Å². The van der Waals surface area contributed by atoms with E-state index in [1.807, 2.05) is 6.07 Å². The first-order chi connectivity index (χ1) is 14.8. The summed E-state index contributed by atoms with van der Waals surface area (Å²) in [6.45, 7) is 2.88. The molecule has 1 heterocycles. The zero-order chi connectivity index (χ0) is 22.5. The van der Waals surface area contributed by atoms with Gasteiger partial charge in [-0.25, -0.2) is 9.59 Å². The molecule has 0 fully saturated rings. The molecule has 0 saturated heterocycles. The molecule has 31 heavy (non-hydrogen) atoms. The van der Waals surface area contributed by atoms with Crippen LogP contribution < -0.4 is 10.7 Å². The second kappa shape index (κ2) is 9.49. The molecule has 0 aliphatic heterocycles. The van der Waals surface area contributed by atoms with Crippen LogP contribution in [-0.4, -0.2) is 29.6 Å². The quantitative estimate of drug-likeness (QED) is 0.518. The van der Waals surface area contributed by atoms with Gasteiger partial charge in [0.05, 0.1) is 18.0 Å². The first-order valence-electron chi connectivity index (χ1n) is 9.53. The van der Waals surface area contributed by atoms with E-state index in [9.17, 15) is 14.4 Å². The fraction of sp³-hybridized carbons (Fsp3) is 0.273. The zero-order valence-electron chi connectivity index (χ0n) is 17.0. The van der Waals surface area contributed by atoms with E-state index < -0.39 is 30.3 Å². The topological polar surface area (TPSA) is 106 Å². The molecule has 0 radical (unpaired) electrons. The largest absolute Gasteiger partial charge is 0.454 e. The van der Waals surface area contributed by atoms with Crippen LogP contribution in [0.3, 0.4) is 0 Å². The van der Waals surface area contributed by atoms with Crippen molar-refractivity contribution in [3.63, 3.8) is 0 Å². The number of carbonyl (C=O) groups is 2. The third-order valence-corrected chi connectivity index (χ3v) is 5.21. The van der Waals surface area contributed by atoms with Gasteiger partial charge in [0.15, 0.2) is 12.2 Å². The predicted molar refractivity (Wildman–Crippen MR) is 115 cm³/mol. The average Bonchev–Trinajstić information content (AvgIpc) is 3.09. The van der Waals surface area contributed by atoms with Gasteiger partial charge in [0.1, 0.15) is 6.04 Å². The molecule has 1 aromatic heterocycles. The van der Waals surface area contributed by atoms with Gasteiger partial charge in [0.25, 0.3) is 5.91 Å². The lowest BCUT2D eigenvalue weighted by Gasteiger charge is -2.23. The SMILES string of the molecule is Cc1cc(N(CCC#N)C(=O)COC(=O)C(C)n2c(=O)oc3ccccc32)ccc1Cl. The van der Waals surface area contributed by atoms with Crippen LogP contribution in [-0.2, 0) is 14.3 Å². The van der Waals surface area contributed by atoms with E-state index in [1.165, 1.54) is 16.4 Å². The molecule has 9 heteroatoms. The van der Waals surface area contributed by atoms with Gasteiger partial charge in [-0.3, -0.25) is 9.36 Å². The van der Waals surface area contributed by atoms with Crippen molar-refractivity contribution < 1.29 is 18.7 Å². The Balaban J connectivity index is 1.74. The molecule has 3 rings (SSSR count). The second-order valence-electron chi connectivity index (χ2n) is 6.88. The van der Waals surface area contributed by atoms with Crippen LogP contribution in [0.2, 0.25) is 5.02 Å². The first kappa shape index (κ1) is 22.1. The fourth-order valence-electron chi connectivity index (χ4n) is 3.14. The Morgan fingerprint density at radius 1 is 1.29 bits per heavy atom. The highest BCUT2D eigenvalue weighted by molar-refractivity contribution is 6.31. The van der Waals surface area contributed by atoms with E-state index in [1.54, 1.807) is 49.4 Å². The number of hydrogen-bond acceptors (Lipinski definition) is 6. The Kier molecular flexibility index (Phi) is 6.78. The third-order valence-electron chi connectivity index (χ3n) is 4.79. The molecule has 2 aromatic carbocycles. The molecule has 1 unspecified atom stereocenters. The monoisotopic (exact) mass is 441 g/mol. The summed E-state index contributed by atoms with van der Waals surface area (Å²) in [5.41, 5.74) is 2.12. The molecule has 0 aliphatic carbocycles. The van der Waals surface area contributed by atoms with Crippen LogP contribution in [0.5, 0.6) is 0 Å². The van der Waals surface area contributed by atoms with Gasteiger partial charge in [-0.2, -0.15) is 5.26 Å². The van der Waals surface area contributed by atoms with Crippen LogP contribution in [0.1, 0.15) is 24.9 Å². The van der Waals surface area contributed by atoms with Crippen LogP contribution in [0.25, 0.3) is 11.1 Å². The van der Waals surface area contributed by atoms with Crippen LogP contribution in [0.4, 0.5) is 5.69 Å². The fourth-order valence-corrected chi connectivity index (χ4v) is 3.26. The second-order valence-corrected chi connectivity index (χ2v) is 7.28. The number of anilines is 1. The summed E-state index contributed by atoms with van der Waals surface area (Å²) in [5, 5.41) is 9.47. The number of fused-ring (bicyclic) bond motifs is 1. The minimum Gasteiger partial charge on any atom is -0.454 e. The Morgan fingerprint density at radius 3 is 2.74 bits per heavy atom. The number of nitriles is 1. The maximum Gasteiger partial charge on any atom is 0.420 e. The van der Waals surface area contributed by atoms with Gasteiger partial charge < -0.3 is 14.1 Å². The summed E-state index contributed by atoms with van der Waals surface area (Å²) in [6, 6.07) is 12.8. The van der Waals surface area contributed by atoms with Gasteiger partial charge in [-0.15, -0.1) is 0 Å². The number of ether oxygens (including phenoxy) is 1. The van der Waals surface area contributed by atoms with E-state index in [0.29, 0.717) is 21.8 Å². The van der Waals surface area contributed by atoms with Crippen LogP contribution >= 0.6 is 11.6 Å². The highest BCUT2D eigenvalue weighted by Crippen LogP contribution is 2.23. The molecule has 1 amide bonds. The van der Waals surface area contributed by atoms with E-state index in [0.717, 1.165) is 5.56 Å². The Labute approximate surface area is 183 Å². The van der Waals surface area contributed by atoms with Gasteiger partial charge in [-0.05, 0) is 49.7 Å². The molecule has 0 spiro atoms. The number of oxazole rings is 1. The minimum absolute atomic E-state index is 0.105. The van der Waals surface area contributed by atoms with Crippen molar-refractivity contribution in [1.82, 2.24) is 4.57 Å². The van der Waals surface area contributed by atoms with Crippen LogP contribution in [0, 0.1) is 18.3 Å². The molecule has 8 nitrogen and oxygen atoms in total. The Hall–Kier alpha value is -3.57. The number of amides is 1. The molecule has 1 atom stereocenters. The van der Waals surface area contributed by atoms with Gasteiger partial charge in [0.2, 0.25) is 0 Å². The number of para-hydroxylation sites is 2. The molecule has 0 N–H and O–H groups in total. The van der Waals surface area contributed by atoms with Gasteiger partial charge in [0, 0.05) is 17.3 Å². The first-order valence-corrected chi connectivity index (χ1v) is 9.91. The molecule has 0 saturated carbocycles. The lowest BCUT2D eigenvalue weighted by Crippen LogP contribution is -2.36. The highest BCUT2D eigenvalue weighted by atomic mass is 35.5. The molecule has 0 aliphatic rings. The minimum atomic E-state index is -0.991. The summed E-state index contributed by atoms with van der Waals surface area (Å²) >= 11 is 6.05. The van der Waals surface area contributed by atoms with E-state index in [-0.39, 0.29) is 13.0 Å². The number of nitrogens with zero attached hydrogens (tertiary/aromatic N) is 3. The number of benzene rings is 2. The van der Waals surface area contributed by atoms with Crippen molar-refractivity contribution in [2.75, 3.05) is 18.1 Å². The summed E-state index contributed by atoms with van der Waals surface area (Å²) in [7, 11) is 0.